The summed E-state index contributed by atoms with van der Waals surface area (Å²) in [5, 5.41) is 1.06. The highest BCUT2D eigenvalue weighted by Gasteiger charge is 2.00. The SMILES string of the molecule is C=CC(C)SSSSSC(C)C=C. The third-order valence-electron chi connectivity index (χ3n) is 1.10. The van der Waals surface area contributed by atoms with Gasteiger partial charge in [0.2, 0.25) is 0 Å². The van der Waals surface area contributed by atoms with Crippen molar-refractivity contribution in [1.29, 1.82) is 0 Å². The van der Waals surface area contributed by atoms with Crippen LogP contribution in [0, 0.1) is 0 Å². The molecule has 76 valence electrons. The van der Waals surface area contributed by atoms with Crippen LogP contribution in [0.1, 0.15) is 13.8 Å². The predicted molar refractivity (Wildman–Crippen MR) is 77.3 cm³/mol. The molecule has 5 heteroatoms. The number of hydrogen-bond donors (Lipinski definition) is 0. The molecule has 0 aliphatic rings. The molecule has 2 unspecified atom stereocenters. The largest absolute Gasteiger partial charge is 0.102 e. The Hall–Kier alpha value is 1.23. The maximum atomic E-state index is 3.73. The van der Waals surface area contributed by atoms with Crippen molar-refractivity contribution < 1.29 is 0 Å². The van der Waals surface area contributed by atoms with E-state index in [-0.39, 0.29) is 0 Å². The van der Waals surface area contributed by atoms with E-state index in [0.717, 1.165) is 0 Å². The van der Waals surface area contributed by atoms with Gasteiger partial charge in [-0.15, -0.1) is 13.2 Å². The summed E-state index contributed by atoms with van der Waals surface area (Å²) < 4.78 is 0. The minimum Gasteiger partial charge on any atom is -0.102 e. The molecule has 0 spiro atoms. The van der Waals surface area contributed by atoms with E-state index < -0.39 is 0 Å². The molecule has 0 aromatic heterocycles. The second-order valence-electron chi connectivity index (χ2n) is 2.28. The second kappa shape index (κ2) is 9.77. The molecule has 0 bridgehead atoms. The predicted octanol–water partition coefficient (Wildman–Crippen LogP) is 5.46. The van der Waals surface area contributed by atoms with Crippen molar-refractivity contribution in [1.82, 2.24) is 0 Å². The maximum absolute atomic E-state index is 3.73. The van der Waals surface area contributed by atoms with Crippen molar-refractivity contribution in [3.05, 3.63) is 25.3 Å². The topological polar surface area (TPSA) is 0 Å². The Morgan fingerprint density at radius 1 is 0.846 bits per heavy atom. The summed E-state index contributed by atoms with van der Waals surface area (Å²) in [6.07, 6.45) is 3.92. The third-order valence-corrected chi connectivity index (χ3v) is 10.4. The van der Waals surface area contributed by atoms with Crippen LogP contribution in [0.3, 0.4) is 0 Å². The minimum atomic E-state index is 0.528. The van der Waals surface area contributed by atoms with Crippen molar-refractivity contribution in [2.75, 3.05) is 0 Å². The Labute approximate surface area is 100 Å². The van der Waals surface area contributed by atoms with Crippen LogP contribution in [0.2, 0.25) is 0 Å². The highest BCUT2D eigenvalue weighted by molar-refractivity contribution is 9.35. The molecule has 0 rings (SSSR count). The zero-order chi connectivity index (χ0) is 10.1. The lowest BCUT2D eigenvalue weighted by Gasteiger charge is -2.04. The van der Waals surface area contributed by atoms with Crippen LogP contribution in [0.25, 0.3) is 0 Å². The lowest BCUT2D eigenvalue weighted by molar-refractivity contribution is 1.27. The van der Waals surface area contributed by atoms with Gasteiger partial charge in [0.05, 0.1) is 0 Å². The fourth-order valence-electron chi connectivity index (χ4n) is 0.246. The lowest BCUT2D eigenvalue weighted by atomic mass is 10.5. The Morgan fingerprint density at radius 3 is 1.54 bits per heavy atom. The van der Waals surface area contributed by atoms with Gasteiger partial charge in [-0.2, -0.15) is 0 Å². The second-order valence-corrected chi connectivity index (χ2v) is 10.6. The molecule has 0 aromatic rings. The Balaban J connectivity index is 3.16. The first-order valence-electron chi connectivity index (χ1n) is 3.78. The molecule has 0 nitrogen and oxygen atoms in total. The van der Waals surface area contributed by atoms with E-state index in [1.165, 1.54) is 0 Å². The molecular formula is C8H14S5. The maximum Gasteiger partial charge on any atom is 0.0308 e. The third kappa shape index (κ3) is 9.53. The average Bonchev–Trinajstić information content (AvgIpc) is 2.16. The van der Waals surface area contributed by atoms with Crippen LogP contribution in [-0.4, -0.2) is 10.5 Å². The smallest absolute Gasteiger partial charge is 0.0308 e. The number of rotatable bonds is 8. The molecule has 0 radical (unpaired) electrons. The van der Waals surface area contributed by atoms with Gasteiger partial charge in [0.15, 0.2) is 0 Å². The van der Waals surface area contributed by atoms with E-state index in [4.69, 9.17) is 0 Å². The van der Waals surface area contributed by atoms with Crippen LogP contribution in [-0.2, 0) is 0 Å². The summed E-state index contributed by atoms with van der Waals surface area (Å²) in [6.45, 7) is 11.8. The van der Waals surface area contributed by atoms with E-state index in [2.05, 4.69) is 27.0 Å². The van der Waals surface area contributed by atoms with E-state index in [1.807, 2.05) is 53.4 Å². The van der Waals surface area contributed by atoms with E-state index in [9.17, 15) is 0 Å². The molecule has 0 N–H and O–H groups in total. The van der Waals surface area contributed by atoms with Crippen molar-refractivity contribution in [2.45, 2.75) is 24.3 Å². The normalized spacial score (nSPS) is 14.9. The van der Waals surface area contributed by atoms with Crippen LogP contribution < -0.4 is 0 Å². The van der Waals surface area contributed by atoms with Crippen LogP contribution in [0.4, 0.5) is 0 Å². The zero-order valence-corrected chi connectivity index (χ0v) is 11.8. The molecular weight excluding hydrogens is 256 g/mol. The van der Waals surface area contributed by atoms with E-state index in [1.54, 1.807) is 9.83 Å². The average molecular weight is 271 g/mol. The van der Waals surface area contributed by atoms with Gasteiger partial charge in [0, 0.05) is 10.5 Å². The molecule has 0 saturated carbocycles. The monoisotopic (exact) mass is 270 g/mol. The van der Waals surface area contributed by atoms with E-state index >= 15 is 0 Å². The Kier molecular flexibility index (Phi) is 10.7. The standard InChI is InChI=1S/C8H14S5/c1-5-7(3)9-11-13-12-10-8(4)6-2/h5-8H,1-2H2,3-4H3. The van der Waals surface area contributed by atoms with Gasteiger partial charge in [-0.05, 0) is 43.3 Å². The zero-order valence-electron chi connectivity index (χ0n) is 7.76. The molecule has 0 amide bonds. The fourth-order valence-corrected chi connectivity index (χ4v) is 9.41. The lowest BCUT2D eigenvalue weighted by Crippen LogP contribution is -1.82. The van der Waals surface area contributed by atoms with Crippen molar-refractivity contribution in [3.63, 3.8) is 0 Å². The summed E-state index contributed by atoms with van der Waals surface area (Å²) >= 11 is 0. The highest BCUT2D eigenvalue weighted by Crippen LogP contribution is 2.50. The van der Waals surface area contributed by atoms with Gasteiger partial charge in [0.25, 0.3) is 0 Å². The summed E-state index contributed by atoms with van der Waals surface area (Å²) in [7, 11) is 9.10. The van der Waals surface area contributed by atoms with Crippen LogP contribution >= 0.6 is 51.1 Å². The number of hydrogen-bond acceptors (Lipinski definition) is 5. The summed E-state index contributed by atoms with van der Waals surface area (Å²) in [5.74, 6) is 0. The van der Waals surface area contributed by atoms with Crippen molar-refractivity contribution in [2.24, 2.45) is 0 Å². The van der Waals surface area contributed by atoms with Gasteiger partial charge in [-0.1, -0.05) is 33.7 Å². The molecule has 0 heterocycles. The van der Waals surface area contributed by atoms with Crippen LogP contribution in [0.5, 0.6) is 0 Å². The molecule has 0 fully saturated rings. The quantitative estimate of drug-likeness (QED) is 0.325. The van der Waals surface area contributed by atoms with Gasteiger partial charge in [-0.25, -0.2) is 0 Å². The summed E-state index contributed by atoms with van der Waals surface area (Å²) in [5.41, 5.74) is 0. The highest BCUT2D eigenvalue weighted by atomic mass is 33.8. The summed E-state index contributed by atoms with van der Waals surface area (Å²) in [6, 6.07) is 0. The van der Waals surface area contributed by atoms with Gasteiger partial charge < -0.3 is 0 Å². The molecule has 0 aromatic carbocycles. The first-order chi connectivity index (χ1) is 6.20. The molecule has 2 atom stereocenters. The molecule has 0 aliphatic heterocycles. The van der Waals surface area contributed by atoms with Crippen molar-refractivity contribution in [3.8, 4) is 0 Å². The Bertz CT molecular complexity index is 131. The van der Waals surface area contributed by atoms with Gasteiger partial charge >= 0.3 is 0 Å². The minimum absolute atomic E-state index is 0.528. The van der Waals surface area contributed by atoms with Gasteiger partial charge in [0.1, 0.15) is 0 Å². The fraction of sp³-hybridized carbons (Fsp3) is 0.500. The summed E-state index contributed by atoms with van der Waals surface area (Å²) in [4.78, 5) is 0. The molecule has 0 aliphatic carbocycles. The van der Waals surface area contributed by atoms with Crippen molar-refractivity contribution >= 4 is 51.1 Å². The molecule has 0 saturated heterocycles. The first kappa shape index (κ1) is 14.2. The van der Waals surface area contributed by atoms with Gasteiger partial charge in [-0.3, -0.25) is 0 Å². The molecule has 13 heavy (non-hydrogen) atoms. The first-order valence-corrected chi connectivity index (χ1v) is 10.1. The Morgan fingerprint density at radius 2 is 1.23 bits per heavy atom. The van der Waals surface area contributed by atoms with Crippen LogP contribution in [0.15, 0.2) is 25.3 Å². The van der Waals surface area contributed by atoms with E-state index in [0.29, 0.717) is 10.5 Å².